The molecule has 0 saturated heterocycles. The lowest BCUT2D eigenvalue weighted by Crippen LogP contribution is -2.32. The molecule has 2 rings (SSSR count). The van der Waals surface area contributed by atoms with Crippen molar-refractivity contribution in [3.8, 4) is 0 Å². The molecule has 0 aliphatic heterocycles. The summed E-state index contributed by atoms with van der Waals surface area (Å²) in [7, 11) is -4.22. The first kappa shape index (κ1) is 20.0. The van der Waals surface area contributed by atoms with Crippen LogP contribution in [0.2, 0.25) is 0 Å². The third-order valence-corrected chi connectivity index (χ3v) is 5.78. The van der Waals surface area contributed by atoms with Gasteiger partial charge in [0.05, 0.1) is 32.5 Å². The molecule has 0 saturated carbocycles. The number of anilines is 1. The van der Waals surface area contributed by atoms with Crippen LogP contribution in [-0.2, 0) is 10.0 Å². The molecule has 2 aromatic rings. The van der Waals surface area contributed by atoms with Gasteiger partial charge in [-0.2, -0.15) is 0 Å². The van der Waals surface area contributed by atoms with Crippen LogP contribution in [0.4, 0.5) is 17.1 Å². The number of sulfonamides is 1. The van der Waals surface area contributed by atoms with Crippen LogP contribution in [0, 0.1) is 34.1 Å². The highest BCUT2D eigenvalue weighted by atomic mass is 32.2. The highest BCUT2D eigenvalue weighted by molar-refractivity contribution is 7.92. The lowest BCUT2D eigenvalue weighted by atomic mass is 10.1. The average Bonchev–Trinajstić information content (AvgIpc) is 2.59. The topological polar surface area (TPSA) is 124 Å². The number of aryl methyl sites for hydroxylation is 1. The SMILES string of the molecule is C=CCN(c1cccc([N+](=O)[O-])c1C)S(=O)(=O)c1ccc(C)c([N+](=O)[O-])c1. The number of nitro benzene ring substituents is 2. The minimum atomic E-state index is -4.22. The molecule has 142 valence electrons. The molecule has 10 heteroatoms. The van der Waals surface area contributed by atoms with E-state index >= 15 is 0 Å². The molecule has 0 bridgehead atoms. The summed E-state index contributed by atoms with van der Waals surface area (Å²) < 4.78 is 27.2. The monoisotopic (exact) mass is 391 g/mol. The van der Waals surface area contributed by atoms with Crippen molar-refractivity contribution in [2.24, 2.45) is 0 Å². The van der Waals surface area contributed by atoms with E-state index in [0.717, 1.165) is 10.4 Å². The normalized spacial score (nSPS) is 11.0. The van der Waals surface area contributed by atoms with Crippen LogP contribution in [0.1, 0.15) is 11.1 Å². The first-order chi connectivity index (χ1) is 12.6. The third-order valence-electron chi connectivity index (χ3n) is 4.00. The van der Waals surface area contributed by atoms with Crippen molar-refractivity contribution in [1.29, 1.82) is 0 Å². The fourth-order valence-electron chi connectivity index (χ4n) is 2.60. The van der Waals surface area contributed by atoms with Crippen LogP contribution in [0.5, 0.6) is 0 Å². The van der Waals surface area contributed by atoms with Gasteiger partial charge in [-0.1, -0.05) is 18.2 Å². The summed E-state index contributed by atoms with van der Waals surface area (Å²) in [5, 5.41) is 22.3. The second kappa shape index (κ2) is 7.54. The van der Waals surface area contributed by atoms with Gasteiger partial charge in [-0.05, 0) is 26.0 Å². The maximum Gasteiger partial charge on any atom is 0.274 e. The highest BCUT2D eigenvalue weighted by Crippen LogP contribution is 2.33. The summed E-state index contributed by atoms with van der Waals surface area (Å²) in [4.78, 5) is 20.8. The predicted molar refractivity (Wildman–Crippen MR) is 100 cm³/mol. The van der Waals surface area contributed by atoms with E-state index in [1.807, 2.05) is 0 Å². The third kappa shape index (κ3) is 3.80. The van der Waals surface area contributed by atoms with Crippen molar-refractivity contribution < 1.29 is 18.3 Å². The Bertz CT molecular complexity index is 1030. The average molecular weight is 391 g/mol. The fourth-order valence-corrected chi connectivity index (χ4v) is 4.11. The smallest absolute Gasteiger partial charge is 0.262 e. The standard InChI is InChI=1S/C17H17N3O6S/c1-4-10-18(15-6-5-7-16(13(15)3)19(21)22)27(25,26)14-9-8-12(2)17(11-14)20(23)24/h4-9,11H,1,10H2,2-3H3. The van der Waals surface area contributed by atoms with Gasteiger partial charge < -0.3 is 0 Å². The molecule has 2 aromatic carbocycles. The molecule has 0 atom stereocenters. The summed E-state index contributed by atoms with van der Waals surface area (Å²) >= 11 is 0. The van der Waals surface area contributed by atoms with Gasteiger partial charge >= 0.3 is 0 Å². The van der Waals surface area contributed by atoms with Gasteiger partial charge in [0.15, 0.2) is 0 Å². The Morgan fingerprint density at radius 3 is 2.26 bits per heavy atom. The zero-order valence-electron chi connectivity index (χ0n) is 14.7. The molecule has 0 fully saturated rings. The van der Waals surface area contributed by atoms with E-state index in [4.69, 9.17) is 0 Å². The van der Waals surface area contributed by atoms with Crippen LogP contribution >= 0.6 is 0 Å². The maximum absolute atomic E-state index is 13.1. The number of nitro groups is 2. The van der Waals surface area contributed by atoms with Gasteiger partial charge in [0.25, 0.3) is 21.4 Å². The van der Waals surface area contributed by atoms with E-state index < -0.39 is 19.9 Å². The Morgan fingerprint density at radius 2 is 1.70 bits per heavy atom. The lowest BCUT2D eigenvalue weighted by Gasteiger charge is -2.24. The largest absolute Gasteiger partial charge is 0.274 e. The zero-order chi connectivity index (χ0) is 20.4. The summed E-state index contributed by atoms with van der Waals surface area (Å²) in [6, 6.07) is 7.68. The first-order valence-corrected chi connectivity index (χ1v) is 9.18. The van der Waals surface area contributed by atoms with Gasteiger partial charge in [-0.3, -0.25) is 24.5 Å². The number of nitrogens with zero attached hydrogens (tertiary/aromatic N) is 3. The van der Waals surface area contributed by atoms with E-state index in [1.54, 1.807) is 0 Å². The molecule has 0 amide bonds. The zero-order valence-corrected chi connectivity index (χ0v) is 15.5. The van der Waals surface area contributed by atoms with E-state index in [2.05, 4.69) is 6.58 Å². The van der Waals surface area contributed by atoms with Gasteiger partial charge in [-0.25, -0.2) is 8.42 Å². The Hall–Kier alpha value is -3.27. The van der Waals surface area contributed by atoms with Crippen molar-refractivity contribution >= 4 is 27.1 Å². The molecule has 0 unspecified atom stereocenters. The minimum absolute atomic E-state index is 0.104. The molecule has 0 N–H and O–H groups in total. The molecular formula is C17H17N3O6S. The van der Waals surface area contributed by atoms with E-state index in [1.165, 1.54) is 50.3 Å². The van der Waals surface area contributed by atoms with Crippen molar-refractivity contribution in [3.63, 3.8) is 0 Å². The second-order valence-corrected chi connectivity index (χ2v) is 7.57. The quantitative estimate of drug-likeness (QED) is 0.404. The van der Waals surface area contributed by atoms with Gasteiger partial charge in [0, 0.05) is 17.7 Å². The number of rotatable bonds is 7. The Kier molecular flexibility index (Phi) is 5.60. The highest BCUT2D eigenvalue weighted by Gasteiger charge is 2.29. The summed E-state index contributed by atoms with van der Waals surface area (Å²) in [5.74, 6) is 0. The second-order valence-electron chi connectivity index (χ2n) is 5.71. The van der Waals surface area contributed by atoms with E-state index in [0.29, 0.717) is 5.56 Å². The first-order valence-electron chi connectivity index (χ1n) is 7.74. The number of hydrogen-bond acceptors (Lipinski definition) is 6. The van der Waals surface area contributed by atoms with Gasteiger partial charge in [-0.15, -0.1) is 6.58 Å². The van der Waals surface area contributed by atoms with E-state index in [9.17, 15) is 28.6 Å². The van der Waals surface area contributed by atoms with Crippen molar-refractivity contribution in [2.45, 2.75) is 18.7 Å². The molecule has 0 aliphatic carbocycles. The molecule has 0 aromatic heterocycles. The van der Waals surface area contributed by atoms with Crippen LogP contribution in [0.25, 0.3) is 0 Å². The molecule has 27 heavy (non-hydrogen) atoms. The fraction of sp³-hybridized carbons (Fsp3) is 0.176. The molecule has 0 aliphatic rings. The Balaban J connectivity index is 2.68. The summed E-state index contributed by atoms with van der Waals surface area (Å²) in [5.41, 5.74) is 0.0275. The molecule has 9 nitrogen and oxygen atoms in total. The van der Waals surface area contributed by atoms with Crippen LogP contribution in [0.15, 0.2) is 53.9 Å². The van der Waals surface area contributed by atoms with Crippen LogP contribution < -0.4 is 4.31 Å². The maximum atomic E-state index is 13.1. The number of benzene rings is 2. The Labute approximate surface area is 155 Å². The van der Waals surface area contributed by atoms with E-state index in [-0.39, 0.29) is 34.1 Å². The molecule has 0 spiro atoms. The van der Waals surface area contributed by atoms with Crippen molar-refractivity contribution in [3.05, 3.63) is 80.4 Å². The lowest BCUT2D eigenvalue weighted by molar-refractivity contribution is -0.385. The number of hydrogen-bond donors (Lipinski definition) is 0. The van der Waals surface area contributed by atoms with Crippen molar-refractivity contribution in [2.75, 3.05) is 10.8 Å². The molecule has 0 radical (unpaired) electrons. The minimum Gasteiger partial charge on any atom is -0.262 e. The van der Waals surface area contributed by atoms with Crippen LogP contribution in [0.3, 0.4) is 0 Å². The molecular weight excluding hydrogens is 374 g/mol. The molecule has 0 heterocycles. The van der Waals surface area contributed by atoms with Crippen LogP contribution in [-0.4, -0.2) is 24.8 Å². The summed E-state index contributed by atoms with van der Waals surface area (Å²) in [6.07, 6.45) is 1.33. The van der Waals surface area contributed by atoms with Crippen molar-refractivity contribution in [1.82, 2.24) is 0 Å². The summed E-state index contributed by atoms with van der Waals surface area (Å²) in [6.45, 7) is 6.31. The Morgan fingerprint density at radius 1 is 1.07 bits per heavy atom. The predicted octanol–water partition coefficient (Wildman–Crippen LogP) is 3.50. The van der Waals surface area contributed by atoms with Gasteiger partial charge in [0.1, 0.15) is 0 Å². The van der Waals surface area contributed by atoms with Gasteiger partial charge in [0.2, 0.25) is 0 Å².